The fourth-order valence-corrected chi connectivity index (χ4v) is 10.9. The van der Waals surface area contributed by atoms with E-state index in [1.54, 1.807) is 0 Å². The van der Waals surface area contributed by atoms with Crippen LogP contribution in [0.5, 0.6) is 0 Å². The summed E-state index contributed by atoms with van der Waals surface area (Å²) in [5, 5.41) is 0. The summed E-state index contributed by atoms with van der Waals surface area (Å²) in [6.07, 6.45) is 75.8. The van der Waals surface area contributed by atoms with Crippen LogP contribution in [0.3, 0.4) is 0 Å². The maximum absolute atomic E-state index is 6.76. The van der Waals surface area contributed by atoms with E-state index in [-0.39, 0.29) is 17.0 Å². The molecule has 4 heteroatoms. The van der Waals surface area contributed by atoms with Gasteiger partial charge in [-0.05, 0) is 62.7 Å². The maximum Gasteiger partial charge on any atom is 0.243 e. The molecule has 0 saturated carbocycles. The molecule has 1 heterocycles. The Morgan fingerprint density at radius 1 is 0.382 bits per heavy atom. The minimum absolute atomic E-state index is 0. The third kappa shape index (κ3) is 47.9. The maximum atomic E-state index is 6.76. The van der Waals surface area contributed by atoms with Gasteiger partial charge in [0.15, 0.2) is 0 Å². The molecule has 2 atom stereocenters. The molecule has 0 fully saturated rings. The Morgan fingerprint density at radius 2 is 0.779 bits per heavy atom. The van der Waals surface area contributed by atoms with E-state index < -0.39 is 0 Å². The van der Waals surface area contributed by atoms with Crippen LogP contribution in [0.25, 0.3) is 0 Å². The molecule has 0 aliphatic heterocycles. The van der Waals surface area contributed by atoms with Crippen LogP contribution in [0.1, 0.15) is 350 Å². The number of nitrogens with zero attached hydrogens (tertiary/aromatic N) is 2. The van der Waals surface area contributed by atoms with Gasteiger partial charge in [0.2, 0.25) is 6.33 Å². The van der Waals surface area contributed by atoms with E-state index in [4.69, 9.17) is 4.74 Å². The van der Waals surface area contributed by atoms with Gasteiger partial charge in [0.1, 0.15) is 12.4 Å². The first kappa shape index (κ1) is 67.6. The van der Waals surface area contributed by atoms with Crippen molar-refractivity contribution in [3.05, 3.63) is 18.7 Å². The van der Waals surface area contributed by atoms with E-state index >= 15 is 0 Å². The summed E-state index contributed by atoms with van der Waals surface area (Å²) in [6, 6.07) is 0. The van der Waals surface area contributed by atoms with Gasteiger partial charge in [-0.2, -0.15) is 0 Å². The number of rotatable bonds is 56. The van der Waals surface area contributed by atoms with E-state index in [1.807, 2.05) is 0 Å². The largest absolute Gasteiger partial charge is 1.00 e. The molecule has 0 N–H and O–H groups in total. The molecule has 0 spiro atoms. The SMILES string of the molecule is CCCCCCCCCCCCCCCCCCC(CCCCCCCCCCCCCCCCCC)CCCCC(CCC(C)CCCC(C)C)OCCCCCn1cc[n+](CCCC)c1.[Br-]. The summed E-state index contributed by atoms with van der Waals surface area (Å²) in [5.41, 5.74) is 0. The molecule has 1 aromatic rings. The number of imidazole rings is 1. The van der Waals surface area contributed by atoms with Crippen molar-refractivity contribution < 1.29 is 26.3 Å². The first-order valence-electron chi connectivity index (χ1n) is 31.6. The molecule has 406 valence electrons. The summed E-state index contributed by atoms with van der Waals surface area (Å²) < 4.78 is 11.5. The number of halogens is 1. The normalized spacial score (nSPS) is 12.7. The minimum atomic E-state index is 0. The lowest BCUT2D eigenvalue weighted by Crippen LogP contribution is -3.00. The van der Waals surface area contributed by atoms with Gasteiger partial charge in [-0.15, -0.1) is 0 Å². The zero-order valence-electron chi connectivity index (χ0n) is 47.8. The lowest BCUT2D eigenvalue weighted by molar-refractivity contribution is -0.696. The van der Waals surface area contributed by atoms with Crippen molar-refractivity contribution in [2.75, 3.05) is 6.61 Å². The summed E-state index contributed by atoms with van der Waals surface area (Å²) in [5.74, 6) is 2.62. The molecular formula is C64H127BrN2O. The van der Waals surface area contributed by atoms with E-state index in [0.717, 1.165) is 37.5 Å². The van der Waals surface area contributed by atoms with Gasteiger partial charge in [0.25, 0.3) is 0 Å². The summed E-state index contributed by atoms with van der Waals surface area (Å²) in [4.78, 5) is 0. The first-order chi connectivity index (χ1) is 33.0. The number of aryl methyl sites for hydroxylation is 2. The van der Waals surface area contributed by atoms with Gasteiger partial charge in [0.05, 0.1) is 19.2 Å². The number of unbranched alkanes of at least 4 members (excludes halogenated alkanes) is 34. The zero-order valence-corrected chi connectivity index (χ0v) is 49.4. The van der Waals surface area contributed by atoms with Crippen LogP contribution in [-0.2, 0) is 17.8 Å². The van der Waals surface area contributed by atoms with Gasteiger partial charge in [-0.3, -0.25) is 0 Å². The summed E-state index contributed by atoms with van der Waals surface area (Å²) >= 11 is 0. The second kappa shape index (κ2) is 54.4. The van der Waals surface area contributed by atoms with Crippen molar-refractivity contribution in [3.63, 3.8) is 0 Å². The Morgan fingerprint density at radius 3 is 1.22 bits per heavy atom. The van der Waals surface area contributed by atoms with E-state index in [9.17, 15) is 0 Å². The van der Waals surface area contributed by atoms with Gasteiger partial charge in [0, 0.05) is 6.61 Å². The molecule has 0 aliphatic carbocycles. The molecule has 0 amide bonds. The van der Waals surface area contributed by atoms with Crippen molar-refractivity contribution in [1.29, 1.82) is 0 Å². The lowest BCUT2D eigenvalue weighted by atomic mass is 9.89. The van der Waals surface area contributed by atoms with Gasteiger partial charge >= 0.3 is 0 Å². The Labute approximate surface area is 440 Å². The zero-order chi connectivity index (χ0) is 48.4. The fourth-order valence-electron chi connectivity index (χ4n) is 10.9. The highest BCUT2D eigenvalue weighted by atomic mass is 79.9. The quantitative estimate of drug-likeness (QED) is 0.0470. The molecule has 0 aliphatic rings. The highest BCUT2D eigenvalue weighted by Gasteiger charge is 2.15. The molecule has 1 rings (SSSR count). The average Bonchev–Trinajstić information content (AvgIpc) is 3.78. The van der Waals surface area contributed by atoms with Gasteiger partial charge in [-0.25, -0.2) is 9.13 Å². The van der Waals surface area contributed by atoms with E-state index in [2.05, 4.69) is 69.4 Å². The predicted octanol–water partition coefficient (Wildman–Crippen LogP) is 18.9. The van der Waals surface area contributed by atoms with Crippen LogP contribution < -0.4 is 21.5 Å². The van der Waals surface area contributed by atoms with Crippen molar-refractivity contribution in [2.24, 2.45) is 17.8 Å². The van der Waals surface area contributed by atoms with Crippen LogP contribution in [0.4, 0.5) is 0 Å². The fraction of sp³-hybridized carbons (Fsp3) is 0.953. The number of hydrogen-bond donors (Lipinski definition) is 0. The molecule has 3 nitrogen and oxygen atoms in total. The molecule has 68 heavy (non-hydrogen) atoms. The number of aromatic nitrogens is 2. The monoisotopic (exact) mass is 1020 g/mol. The molecule has 1 aromatic heterocycles. The van der Waals surface area contributed by atoms with Crippen LogP contribution in [0.2, 0.25) is 0 Å². The Bertz CT molecular complexity index is 1040. The van der Waals surface area contributed by atoms with Crippen molar-refractivity contribution >= 4 is 0 Å². The summed E-state index contributed by atoms with van der Waals surface area (Å²) in [6.45, 7) is 17.4. The van der Waals surface area contributed by atoms with Crippen molar-refractivity contribution in [2.45, 2.75) is 369 Å². The van der Waals surface area contributed by atoms with Crippen molar-refractivity contribution in [1.82, 2.24) is 4.57 Å². The lowest BCUT2D eigenvalue weighted by Gasteiger charge is -2.21. The third-order valence-corrected chi connectivity index (χ3v) is 15.7. The summed E-state index contributed by atoms with van der Waals surface area (Å²) in [7, 11) is 0. The van der Waals surface area contributed by atoms with Crippen LogP contribution in [-0.4, -0.2) is 17.3 Å². The van der Waals surface area contributed by atoms with Gasteiger partial charge < -0.3 is 21.7 Å². The van der Waals surface area contributed by atoms with Gasteiger partial charge in [-0.1, -0.05) is 305 Å². The Balaban J connectivity index is 0.0000449. The standard InChI is InChI=1S/C64H127N2O.BrH/c1-7-10-13-15-17-19-21-23-25-27-29-31-33-35-37-40-49-63(50-41-38-36-34-32-30-28-26-24-22-20-18-16-14-11-8-2)51-42-43-52-64(54-53-62(6)48-46-47-61(4)5)67-59-45-39-44-56-66-58-57-65(60-66)55-12-9-3;/h57-58,60-64H,7-56,59H2,1-6H3;1H/q+1;/p-1. The topological polar surface area (TPSA) is 18.0 Å². The number of ether oxygens (including phenoxy) is 1. The minimum Gasteiger partial charge on any atom is -1.00 e. The van der Waals surface area contributed by atoms with E-state index in [1.165, 1.54) is 308 Å². The predicted molar refractivity (Wildman–Crippen MR) is 300 cm³/mol. The van der Waals surface area contributed by atoms with Crippen molar-refractivity contribution in [3.8, 4) is 0 Å². The molecular weight excluding hydrogens is 893 g/mol. The van der Waals surface area contributed by atoms with Crippen LogP contribution in [0, 0.1) is 17.8 Å². The second-order valence-electron chi connectivity index (χ2n) is 23.1. The highest BCUT2D eigenvalue weighted by molar-refractivity contribution is 4.68. The van der Waals surface area contributed by atoms with Crippen LogP contribution >= 0.6 is 0 Å². The molecule has 0 aromatic carbocycles. The molecule has 0 bridgehead atoms. The molecule has 0 saturated heterocycles. The Hall–Kier alpha value is -0.350. The second-order valence-corrected chi connectivity index (χ2v) is 23.1. The van der Waals surface area contributed by atoms with E-state index in [0.29, 0.717) is 6.10 Å². The molecule has 2 unspecified atom stereocenters. The smallest absolute Gasteiger partial charge is 0.243 e. The average molecular weight is 1020 g/mol. The first-order valence-corrected chi connectivity index (χ1v) is 31.6. The molecule has 0 radical (unpaired) electrons. The number of hydrogen-bond acceptors (Lipinski definition) is 1. The van der Waals surface area contributed by atoms with Crippen LogP contribution in [0.15, 0.2) is 18.7 Å². The highest BCUT2D eigenvalue weighted by Crippen LogP contribution is 2.27. The Kier molecular flexibility index (Phi) is 54.1. The third-order valence-electron chi connectivity index (χ3n) is 15.7.